The van der Waals surface area contributed by atoms with Crippen LogP contribution in [0.2, 0.25) is 0 Å². The van der Waals surface area contributed by atoms with Gasteiger partial charge in [-0.1, -0.05) is 0 Å². The molecule has 1 amide bonds. The number of benzene rings is 1. The molecule has 0 bridgehead atoms. The van der Waals surface area contributed by atoms with Gasteiger partial charge in [0.05, 0.1) is 6.61 Å². The molecule has 1 aromatic carbocycles. The monoisotopic (exact) mass is 305 g/mol. The highest BCUT2D eigenvalue weighted by Crippen LogP contribution is 2.12. The molecule has 1 aromatic rings. The zero-order chi connectivity index (χ0) is 15.9. The Hall–Kier alpha value is -1.59. The number of hydrogen-bond acceptors (Lipinski definition) is 4. The minimum absolute atomic E-state index is 0.0241. The van der Waals surface area contributed by atoms with Gasteiger partial charge in [0.25, 0.3) is 5.91 Å². The first kappa shape index (κ1) is 16.8. The van der Waals surface area contributed by atoms with Crippen LogP contribution in [0.4, 0.5) is 0 Å². The van der Waals surface area contributed by atoms with E-state index in [9.17, 15) is 4.79 Å². The van der Waals surface area contributed by atoms with E-state index in [1.165, 1.54) is 0 Å². The van der Waals surface area contributed by atoms with Gasteiger partial charge in [-0.3, -0.25) is 9.69 Å². The minimum Gasteiger partial charge on any atom is -0.494 e. The van der Waals surface area contributed by atoms with Gasteiger partial charge >= 0.3 is 0 Å². The van der Waals surface area contributed by atoms with Crippen LogP contribution in [0.3, 0.4) is 0 Å². The molecule has 1 saturated heterocycles. The Bertz CT molecular complexity index is 467. The van der Waals surface area contributed by atoms with Crippen molar-refractivity contribution < 1.29 is 9.53 Å². The van der Waals surface area contributed by atoms with Gasteiger partial charge in [0.15, 0.2) is 0 Å². The topological polar surface area (TPSA) is 44.8 Å². The molecule has 1 fully saturated rings. The summed E-state index contributed by atoms with van der Waals surface area (Å²) < 4.78 is 5.38. The fourth-order valence-corrected chi connectivity index (χ4v) is 2.60. The van der Waals surface area contributed by atoms with Crippen molar-refractivity contribution in [1.82, 2.24) is 15.1 Å². The van der Waals surface area contributed by atoms with Gasteiger partial charge in [0.2, 0.25) is 0 Å². The maximum atomic E-state index is 12.2. The van der Waals surface area contributed by atoms with Gasteiger partial charge in [-0.2, -0.15) is 0 Å². The number of likely N-dealkylation sites (N-methyl/N-ethyl adjacent to an activating group) is 1. The number of piperazine rings is 1. The van der Waals surface area contributed by atoms with Gasteiger partial charge < -0.3 is 15.0 Å². The van der Waals surface area contributed by atoms with E-state index in [2.05, 4.69) is 29.1 Å². The highest BCUT2D eigenvalue weighted by atomic mass is 16.5. The van der Waals surface area contributed by atoms with Gasteiger partial charge in [0, 0.05) is 44.3 Å². The molecule has 1 aliphatic heterocycles. The molecule has 122 valence electrons. The van der Waals surface area contributed by atoms with E-state index in [1.54, 1.807) is 12.1 Å². The molecule has 0 spiro atoms. The van der Waals surface area contributed by atoms with E-state index in [4.69, 9.17) is 4.74 Å². The van der Waals surface area contributed by atoms with Gasteiger partial charge in [-0.25, -0.2) is 0 Å². The number of nitrogens with zero attached hydrogens (tertiary/aromatic N) is 2. The summed E-state index contributed by atoms with van der Waals surface area (Å²) >= 11 is 0. The third-order valence-corrected chi connectivity index (χ3v) is 4.15. The molecule has 0 aromatic heterocycles. The lowest BCUT2D eigenvalue weighted by Gasteiger charge is -2.36. The summed E-state index contributed by atoms with van der Waals surface area (Å²) in [5, 5.41) is 3.02. The highest BCUT2D eigenvalue weighted by Gasteiger charge is 2.19. The first-order valence-corrected chi connectivity index (χ1v) is 8.03. The summed E-state index contributed by atoms with van der Waals surface area (Å²) in [6.45, 7) is 9.75. The molecule has 0 radical (unpaired) electrons. The first-order valence-electron chi connectivity index (χ1n) is 8.03. The Morgan fingerprint density at radius 2 is 1.86 bits per heavy atom. The number of nitrogens with one attached hydrogen (secondary N) is 1. The van der Waals surface area contributed by atoms with E-state index < -0.39 is 0 Å². The standard InChI is InChI=1S/C17H27N3O2/c1-4-22-16-7-5-15(6-8-16)17(21)18-13-14(2)20-11-9-19(3)10-12-20/h5-8,14H,4,9-13H2,1-3H3,(H,18,21). The lowest BCUT2D eigenvalue weighted by atomic mass is 10.2. The SMILES string of the molecule is CCOc1ccc(C(=O)NCC(C)N2CCN(C)CC2)cc1. The zero-order valence-electron chi connectivity index (χ0n) is 13.8. The molecule has 1 aliphatic rings. The van der Waals surface area contributed by atoms with Crippen molar-refractivity contribution in [2.24, 2.45) is 0 Å². The number of carbonyl (C=O) groups is 1. The maximum absolute atomic E-state index is 12.2. The Morgan fingerprint density at radius 1 is 1.23 bits per heavy atom. The van der Waals surface area contributed by atoms with Crippen LogP contribution in [0.5, 0.6) is 5.75 Å². The quantitative estimate of drug-likeness (QED) is 0.864. The highest BCUT2D eigenvalue weighted by molar-refractivity contribution is 5.94. The summed E-state index contributed by atoms with van der Waals surface area (Å²) in [4.78, 5) is 16.9. The van der Waals surface area contributed by atoms with Crippen molar-refractivity contribution in [3.8, 4) is 5.75 Å². The zero-order valence-corrected chi connectivity index (χ0v) is 13.8. The van der Waals surface area contributed by atoms with Crippen molar-refractivity contribution in [2.75, 3.05) is 46.4 Å². The Morgan fingerprint density at radius 3 is 2.45 bits per heavy atom. The van der Waals surface area contributed by atoms with Crippen LogP contribution in [-0.2, 0) is 0 Å². The fourth-order valence-electron chi connectivity index (χ4n) is 2.60. The molecule has 5 nitrogen and oxygen atoms in total. The van der Waals surface area contributed by atoms with Crippen LogP contribution in [0.15, 0.2) is 24.3 Å². The molecular formula is C17H27N3O2. The van der Waals surface area contributed by atoms with Gasteiger partial charge in [0.1, 0.15) is 5.75 Å². The van der Waals surface area contributed by atoms with E-state index in [0.29, 0.717) is 24.8 Å². The smallest absolute Gasteiger partial charge is 0.251 e. The molecule has 2 rings (SSSR count). The van der Waals surface area contributed by atoms with Crippen molar-refractivity contribution in [3.05, 3.63) is 29.8 Å². The summed E-state index contributed by atoms with van der Waals surface area (Å²) in [5.41, 5.74) is 0.675. The predicted molar refractivity (Wildman–Crippen MR) is 88.5 cm³/mol. The van der Waals surface area contributed by atoms with E-state index in [0.717, 1.165) is 31.9 Å². The average Bonchev–Trinajstić information content (AvgIpc) is 2.54. The number of ether oxygens (including phenoxy) is 1. The number of amides is 1. The van der Waals surface area contributed by atoms with Crippen LogP contribution in [-0.4, -0.2) is 68.1 Å². The molecule has 0 saturated carbocycles. The van der Waals surface area contributed by atoms with Crippen molar-refractivity contribution in [2.45, 2.75) is 19.9 Å². The van der Waals surface area contributed by atoms with Crippen LogP contribution in [0, 0.1) is 0 Å². The third-order valence-electron chi connectivity index (χ3n) is 4.15. The number of rotatable bonds is 6. The molecular weight excluding hydrogens is 278 g/mol. The molecule has 1 heterocycles. The number of carbonyl (C=O) groups excluding carboxylic acids is 1. The second kappa shape index (κ2) is 8.15. The Kier molecular flexibility index (Phi) is 6.21. The molecule has 0 aliphatic carbocycles. The minimum atomic E-state index is -0.0241. The summed E-state index contributed by atoms with van der Waals surface area (Å²) in [7, 11) is 2.15. The van der Waals surface area contributed by atoms with Gasteiger partial charge in [-0.05, 0) is 45.2 Å². The first-order chi connectivity index (χ1) is 10.6. The van der Waals surface area contributed by atoms with Crippen LogP contribution >= 0.6 is 0 Å². The number of hydrogen-bond donors (Lipinski definition) is 1. The van der Waals surface area contributed by atoms with Crippen LogP contribution in [0.25, 0.3) is 0 Å². The largest absolute Gasteiger partial charge is 0.494 e. The second-order valence-corrected chi connectivity index (χ2v) is 5.86. The van der Waals surface area contributed by atoms with E-state index >= 15 is 0 Å². The lowest BCUT2D eigenvalue weighted by molar-refractivity contribution is 0.0903. The summed E-state index contributed by atoms with van der Waals surface area (Å²) in [6, 6.07) is 7.65. The summed E-state index contributed by atoms with van der Waals surface area (Å²) in [5.74, 6) is 0.772. The molecule has 22 heavy (non-hydrogen) atoms. The Labute approximate surface area is 133 Å². The van der Waals surface area contributed by atoms with Crippen LogP contribution < -0.4 is 10.1 Å². The molecule has 1 atom stereocenters. The lowest BCUT2D eigenvalue weighted by Crippen LogP contribution is -2.51. The molecule has 1 N–H and O–H groups in total. The predicted octanol–water partition coefficient (Wildman–Crippen LogP) is 1.45. The van der Waals surface area contributed by atoms with E-state index in [-0.39, 0.29) is 5.91 Å². The summed E-state index contributed by atoms with van der Waals surface area (Å²) in [6.07, 6.45) is 0. The Balaban J connectivity index is 1.79. The maximum Gasteiger partial charge on any atom is 0.251 e. The van der Waals surface area contributed by atoms with Crippen molar-refractivity contribution >= 4 is 5.91 Å². The van der Waals surface area contributed by atoms with E-state index in [1.807, 2.05) is 19.1 Å². The molecule has 5 heteroatoms. The fraction of sp³-hybridized carbons (Fsp3) is 0.588. The third kappa shape index (κ3) is 4.71. The van der Waals surface area contributed by atoms with Gasteiger partial charge in [-0.15, -0.1) is 0 Å². The normalized spacial score (nSPS) is 18.0. The second-order valence-electron chi connectivity index (χ2n) is 5.86. The average molecular weight is 305 g/mol. The van der Waals surface area contributed by atoms with Crippen molar-refractivity contribution in [3.63, 3.8) is 0 Å². The van der Waals surface area contributed by atoms with Crippen LogP contribution in [0.1, 0.15) is 24.2 Å². The molecule has 1 unspecified atom stereocenters. The van der Waals surface area contributed by atoms with Crippen molar-refractivity contribution in [1.29, 1.82) is 0 Å².